The number of hydrogen-bond donors (Lipinski definition) is 1. The number of nitrogens with zero attached hydrogens (tertiary/aromatic N) is 1. The molecule has 0 bridgehead atoms. The maximum atomic E-state index is 4.08. The number of nitrogens with one attached hydrogen (secondary N) is 1. The zero-order chi connectivity index (χ0) is 48.2. The Kier molecular flexibility index (Phi) is 8.34. The van der Waals surface area contributed by atoms with E-state index in [9.17, 15) is 0 Å². The first-order valence-electron chi connectivity index (χ1n) is 25.6. The summed E-state index contributed by atoms with van der Waals surface area (Å²) in [4.78, 5) is 0. The fraction of sp³-hybridized carbons (Fsp3) is 0.273. The van der Waals surface area contributed by atoms with Gasteiger partial charge in [-0.15, -0.1) is 11.3 Å². The van der Waals surface area contributed by atoms with Crippen LogP contribution in [0.25, 0.3) is 81.0 Å². The second-order valence-electron chi connectivity index (χ2n) is 24.7. The van der Waals surface area contributed by atoms with E-state index in [4.69, 9.17) is 0 Å². The highest BCUT2D eigenvalue weighted by molar-refractivity contribution is 7.25. The summed E-state index contributed by atoms with van der Waals surface area (Å²) in [6.45, 7) is 26.5. The number of hydrogen-bond acceptors (Lipinski definition) is 2. The summed E-state index contributed by atoms with van der Waals surface area (Å²) >= 11 is 1.91. The number of anilines is 2. The molecule has 2 nitrogen and oxygen atoms in total. The van der Waals surface area contributed by atoms with Gasteiger partial charge in [0, 0.05) is 64.5 Å². The van der Waals surface area contributed by atoms with Crippen molar-refractivity contribution in [1.29, 1.82) is 0 Å². The minimum Gasteiger partial charge on any atom is -0.355 e. The van der Waals surface area contributed by atoms with Crippen molar-refractivity contribution in [3.05, 3.63) is 172 Å². The van der Waals surface area contributed by atoms with Gasteiger partial charge >= 0.3 is 0 Å². The van der Waals surface area contributed by atoms with Crippen LogP contribution in [0.1, 0.15) is 128 Å². The van der Waals surface area contributed by atoms with Crippen molar-refractivity contribution in [2.75, 3.05) is 5.32 Å². The molecule has 343 valence electrons. The van der Waals surface area contributed by atoms with Crippen molar-refractivity contribution in [1.82, 2.24) is 4.57 Å². The van der Waals surface area contributed by atoms with Gasteiger partial charge in [0.25, 0.3) is 0 Å². The normalized spacial score (nSPS) is 17.2. The van der Waals surface area contributed by atoms with E-state index in [1.165, 1.54) is 144 Å². The lowest BCUT2D eigenvalue weighted by molar-refractivity contribution is 0.331. The minimum absolute atomic E-state index is 0.0663. The van der Waals surface area contributed by atoms with Crippen LogP contribution >= 0.6 is 11.3 Å². The van der Waals surface area contributed by atoms with Crippen LogP contribution in [0.5, 0.6) is 0 Å². The molecule has 8 aromatic carbocycles. The van der Waals surface area contributed by atoms with Crippen molar-refractivity contribution >= 4 is 82.9 Å². The molecule has 3 heterocycles. The molecular formula is C66H60BN2S. The number of benzene rings is 8. The van der Waals surface area contributed by atoms with Gasteiger partial charge in [-0.3, -0.25) is 0 Å². The topological polar surface area (TPSA) is 17.0 Å². The highest BCUT2D eigenvalue weighted by atomic mass is 32.1. The summed E-state index contributed by atoms with van der Waals surface area (Å²) in [5.41, 5.74) is 26.6. The molecule has 1 aliphatic heterocycles. The van der Waals surface area contributed by atoms with Crippen molar-refractivity contribution in [2.45, 2.75) is 116 Å². The number of aromatic nitrogens is 1. The Labute approximate surface area is 418 Å². The molecule has 70 heavy (non-hydrogen) atoms. The molecule has 2 aromatic heterocycles. The zero-order valence-electron chi connectivity index (χ0n) is 42.5. The SMILES string of the molecule is CC(C)(C)c1ccc(Nc2cc3c(cc2-c2ccc4c5cc6c(cc5n5c4c2[B]c2cc4c(cc2-5)sc2ccccc24)C(C)(C)c2ccccc2-6)C(C)(C)c2cc4c(cc2-3)C(C)(C)CCC4(C)C)cc1. The molecule has 4 aliphatic rings. The van der Waals surface area contributed by atoms with Gasteiger partial charge in [-0.25, -0.2) is 0 Å². The van der Waals surface area contributed by atoms with E-state index in [1.54, 1.807) is 0 Å². The van der Waals surface area contributed by atoms with Crippen molar-refractivity contribution in [3.8, 4) is 39.1 Å². The average molecular weight is 924 g/mol. The molecule has 1 radical (unpaired) electrons. The van der Waals surface area contributed by atoms with E-state index in [0.717, 1.165) is 11.4 Å². The van der Waals surface area contributed by atoms with E-state index in [1.807, 2.05) is 11.3 Å². The van der Waals surface area contributed by atoms with Crippen LogP contribution in [0.2, 0.25) is 0 Å². The van der Waals surface area contributed by atoms with Crippen molar-refractivity contribution in [2.24, 2.45) is 0 Å². The van der Waals surface area contributed by atoms with E-state index >= 15 is 0 Å². The molecule has 0 saturated heterocycles. The van der Waals surface area contributed by atoms with Gasteiger partial charge in [-0.05, 0) is 161 Å². The minimum atomic E-state index is -0.194. The van der Waals surface area contributed by atoms with Crippen molar-refractivity contribution < 1.29 is 0 Å². The summed E-state index contributed by atoms with van der Waals surface area (Å²) in [5.74, 6) is 0. The molecule has 1 N–H and O–H groups in total. The average Bonchev–Trinajstić information content (AvgIpc) is 3.99. The third-order valence-corrected chi connectivity index (χ3v) is 19.0. The lowest BCUT2D eigenvalue weighted by Crippen LogP contribution is -2.37. The van der Waals surface area contributed by atoms with Crippen molar-refractivity contribution in [3.63, 3.8) is 0 Å². The van der Waals surface area contributed by atoms with Gasteiger partial charge in [0.2, 0.25) is 0 Å². The van der Waals surface area contributed by atoms with Crippen LogP contribution in [0, 0.1) is 0 Å². The molecule has 0 fully saturated rings. The molecule has 10 aromatic rings. The molecular weight excluding hydrogens is 864 g/mol. The largest absolute Gasteiger partial charge is 0.355 e. The second kappa shape index (κ2) is 13.7. The summed E-state index contributed by atoms with van der Waals surface area (Å²) in [7, 11) is 2.53. The number of fused-ring (bicyclic) bond motifs is 15. The fourth-order valence-corrected chi connectivity index (χ4v) is 14.7. The van der Waals surface area contributed by atoms with Crippen LogP contribution in [-0.2, 0) is 27.1 Å². The van der Waals surface area contributed by atoms with E-state index in [0.29, 0.717) is 0 Å². The Balaban J connectivity index is 1.05. The summed E-state index contributed by atoms with van der Waals surface area (Å²) < 4.78 is 5.30. The molecule has 0 unspecified atom stereocenters. The van der Waals surface area contributed by atoms with Gasteiger partial charge in [-0.1, -0.05) is 160 Å². The summed E-state index contributed by atoms with van der Waals surface area (Å²) in [6.07, 6.45) is 2.40. The predicted octanol–water partition coefficient (Wildman–Crippen LogP) is 16.8. The molecule has 14 rings (SSSR count). The fourth-order valence-electron chi connectivity index (χ4n) is 13.6. The molecule has 0 atom stereocenters. The molecule has 3 aliphatic carbocycles. The summed E-state index contributed by atoms with van der Waals surface area (Å²) in [6, 6.07) is 52.4. The van der Waals surface area contributed by atoms with Gasteiger partial charge in [0.1, 0.15) is 0 Å². The molecule has 0 spiro atoms. The zero-order valence-corrected chi connectivity index (χ0v) is 43.4. The lowest BCUT2D eigenvalue weighted by Gasteiger charge is -2.42. The summed E-state index contributed by atoms with van der Waals surface area (Å²) in [5, 5.41) is 9.34. The van der Waals surface area contributed by atoms with Crippen LogP contribution in [0.15, 0.2) is 133 Å². The van der Waals surface area contributed by atoms with Gasteiger partial charge in [-0.2, -0.15) is 0 Å². The van der Waals surface area contributed by atoms with Crippen LogP contribution in [0.4, 0.5) is 11.4 Å². The van der Waals surface area contributed by atoms with Gasteiger partial charge < -0.3 is 9.88 Å². The van der Waals surface area contributed by atoms with Crippen LogP contribution in [0.3, 0.4) is 0 Å². The van der Waals surface area contributed by atoms with Crippen LogP contribution in [-0.4, -0.2) is 11.8 Å². The first kappa shape index (κ1) is 42.5. The Hall–Kier alpha value is -6.36. The maximum absolute atomic E-state index is 4.08. The Morgan fingerprint density at radius 3 is 1.91 bits per heavy atom. The van der Waals surface area contributed by atoms with E-state index in [2.05, 4.69) is 227 Å². The standard InChI is InChI=1S/C66H60BN2S/c1-62(2,3)36-20-22-37(23-21-36)68-55-32-44-43-29-52-53(64(6,7)27-26-63(52,4)5)33-50(43)66(10,11)49(44)30-45(55)40-24-25-41-46-28-42-38-16-12-14-18-48(38)65(8,9)51(42)34-56(46)69-57-35-59-47(31-54(57)67-60(40)61(41)69)39-17-13-15-19-58(39)70-59/h12-25,28-35,68H,26-27H2,1-11H3. The number of thiophene rings is 1. The quantitative estimate of drug-likeness (QED) is 0.175. The second-order valence-corrected chi connectivity index (χ2v) is 25.8. The predicted molar refractivity (Wildman–Crippen MR) is 303 cm³/mol. The number of rotatable bonds is 3. The van der Waals surface area contributed by atoms with Crippen LogP contribution < -0.4 is 16.2 Å². The van der Waals surface area contributed by atoms with Gasteiger partial charge in [0.15, 0.2) is 7.28 Å². The first-order valence-corrected chi connectivity index (χ1v) is 26.4. The molecule has 0 saturated carbocycles. The highest BCUT2D eigenvalue weighted by Gasteiger charge is 2.44. The highest BCUT2D eigenvalue weighted by Crippen LogP contribution is 2.57. The Morgan fingerprint density at radius 2 is 1.14 bits per heavy atom. The molecule has 0 amide bonds. The van der Waals surface area contributed by atoms with E-state index < -0.39 is 0 Å². The Morgan fingerprint density at radius 1 is 0.500 bits per heavy atom. The maximum Gasteiger partial charge on any atom is 0.197 e. The van der Waals surface area contributed by atoms with E-state index in [-0.39, 0.29) is 27.1 Å². The Bertz CT molecular complexity index is 3970. The van der Waals surface area contributed by atoms with Gasteiger partial charge in [0.05, 0.1) is 5.52 Å². The monoisotopic (exact) mass is 923 g/mol. The molecule has 4 heteroatoms. The third kappa shape index (κ3) is 5.69. The third-order valence-electron chi connectivity index (χ3n) is 17.8. The smallest absolute Gasteiger partial charge is 0.197 e. The first-order chi connectivity index (χ1) is 33.3. The lowest BCUT2D eigenvalue weighted by atomic mass is 9.59.